The minimum atomic E-state index is -0.389. The van der Waals surface area contributed by atoms with Crippen molar-refractivity contribution in [2.24, 2.45) is 0 Å². The molecule has 2 unspecified atom stereocenters. The number of nitro benzene ring substituents is 1. The third-order valence-electron chi connectivity index (χ3n) is 3.97. The van der Waals surface area contributed by atoms with Crippen molar-refractivity contribution in [2.45, 2.75) is 31.8 Å². The summed E-state index contributed by atoms with van der Waals surface area (Å²) in [6.45, 7) is 3.17. The average molecular weight is 279 g/mol. The van der Waals surface area contributed by atoms with E-state index in [0.717, 1.165) is 19.4 Å². The molecule has 0 radical (unpaired) electrons. The van der Waals surface area contributed by atoms with Gasteiger partial charge >= 0.3 is 5.69 Å². The Morgan fingerprint density at radius 2 is 2.25 bits per heavy atom. The van der Waals surface area contributed by atoms with E-state index in [-0.39, 0.29) is 16.7 Å². The molecule has 2 rings (SSSR count). The minimum Gasteiger partial charge on any atom is -0.490 e. The van der Waals surface area contributed by atoms with Gasteiger partial charge in [0, 0.05) is 18.6 Å². The van der Waals surface area contributed by atoms with Crippen LogP contribution in [0.1, 0.15) is 19.8 Å². The second-order valence-electron chi connectivity index (χ2n) is 5.31. The van der Waals surface area contributed by atoms with Gasteiger partial charge in [-0.1, -0.05) is 6.07 Å². The summed E-state index contributed by atoms with van der Waals surface area (Å²) in [5.74, 6) is 0.293. The van der Waals surface area contributed by atoms with Gasteiger partial charge in [0.05, 0.1) is 12.0 Å². The Balaban J connectivity index is 2.19. The number of piperidine rings is 1. The van der Waals surface area contributed by atoms with Crippen LogP contribution in [0.15, 0.2) is 18.2 Å². The molecule has 0 saturated carbocycles. The van der Waals surface area contributed by atoms with E-state index in [4.69, 9.17) is 4.74 Å². The highest BCUT2D eigenvalue weighted by molar-refractivity contribution is 5.68. The second-order valence-corrected chi connectivity index (χ2v) is 5.31. The number of likely N-dealkylation sites (tertiary alicyclic amines) is 1. The summed E-state index contributed by atoms with van der Waals surface area (Å²) in [4.78, 5) is 13.2. The molecule has 6 nitrogen and oxygen atoms in total. The molecule has 1 N–H and O–H groups in total. The van der Waals surface area contributed by atoms with Crippen LogP contribution in [0.4, 0.5) is 11.4 Å². The lowest BCUT2D eigenvalue weighted by atomic mass is 9.98. The zero-order chi connectivity index (χ0) is 14.7. The lowest BCUT2D eigenvalue weighted by molar-refractivity contribution is -0.384. The first kappa shape index (κ1) is 14.6. The normalized spacial score (nSPS) is 23.4. The van der Waals surface area contributed by atoms with Crippen molar-refractivity contribution < 1.29 is 9.66 Å². The maximum atomic E-state index is 11.2. The molecule has 1 aliphatic rings. The Hall–Kier alpha value is -1.82. The third-order valence-corrected chi connectivity index (χ3v) is 3.97. The number of methoxy groups -OCH3 is 1. The number of ether oxygens (including phenoxy) is 1. The quantitative estimate of drug-likeness (QED) is 0.677. The van der Waals surface area contributed by atoms with Crippen molar-refractivity contribution in [2.75, 3.05) is 26.0 Å². The standard InChI is InChI=1S/C14H21N3O3/c1-10-9-11(7-8-16(10)2)15-12-5-4-6-13(20-3)14(12)17(18)19/h4-6,10-11,15H,7-9H2,1-3H3. The fourth-order valence-corrected chi connectivity index (χ4v) is 2.63. The van der Waals surface area contributed by atoms with Crippen molar-refractivity contribution in [1.82, 2.24) is 4.90 Å². The van der Waals surface area contributed by atoms with Crippen LogP contribution in [0.3, 0.4) is 0 Å². The summed E-state index contributed by atoms with van der Waals surface area (Å²) >= 11 is 0. The van der Waals surface area contributed by atoms with Gasteiger partial charge in [-0.3, -0.25) is 10.1 Å². The Morgan fingerprint density at radius 1 is 1.50 bits per heavy atom. The molecular weight excluding hydrogens is 258 g/mol. The molecule has 0 spiro atoms. The summed E-state index contributed by atoms with van der Waals surface area (Å²) in [6.07, 6.45) is 1.96. The molecule has 2 atom stereocenters. The number of nitro groups is 1. The van der Waals surface area contributed by atoms with E-state index in [1.54, 1.807) is 18.2 Å². The monoisotopic (exact) mass is 279 g/mol. The molecule has 1 fully saturated rings. The molecule has 0 aromatic heterocycles. The number of rotatable bonds is 4. The zero-order valence-electron chi connectivity index (χ0n) is 12.1. The summed E-state index contributed by atoms with van der Waals surface area (Å²) in [7, 11) is 3.55. The molecule has 1 aromatic rings. The van der Waals surface area contributed by atoms with Crippen LogP contribution in [0.25, 0.3) is 0 Å². The molecule has 1 aromatic carbocycles. The second kappa shape index (κ2) is 6.09. The van der Waals surface area contributed by atoms with Crippen molar-refractivity contribution in [1.29, 1.82) is 0 Å². The van der Waals surface area contributed by atoms with Crippen LogP contribution < -0.4 is 10.1 Å². The van der Waals surface area contributed by atoms with Gasteiger partial charge in [0.25, 0.3) is 0 Å². The van der Waals surface area contributed by atoms with Crippen LogP contribution in [-0.4, -0.2) is 42.6 Å². The number of hydrogen-bond donors (Lipinski definition) is 1. The number of nitrogens with zero attached hydrogens (tertiary/aromatic N) is 2. The maximum Gasteiger partial charge on any atom is 0.333 e. The molecule has 110 valence electrons. The lowest BCUT2D eigenvalue weighted by Gasteiger charge is -2.35. The van der Waals surface area contributed by atoms with Crippen molar-refractivity contribution >= 4 is 11.4 Å². The van der Waals surface area contributed by atoms with E-state index in [1.807, 2.05) is 0 Å². The highest BCUT2D eigenvalue weighted by atomic mass is 16.6. The fourth-order valence-electron chi connectivity index (χ4n) is 2.63. The van der Waals surface area contributed by atoms with E-state index in [0.29, 0.717) is 17.5 Å². The Kier molecular flexibility index (Phi) is 4.44. The number of anilines is 1. The Bertz CT molecular complexity index is 493. The summed E-state index contributed by atoms with van der Waals surface area (Å²) in [5, 5.41) is 14.5. The van der Waals surface area contributed by atoms with Gasteiger partial charge in [-0.15, -0.1) is 0 Å². The number of para-hydroxylation sites is 1. The molecule has 0 amide bonds. The first-order valence-corrected chi connectivity index (χ1v) is 6.81. The Labute approximate surface area is 118 Å². The smallest absolute Gasteiger partial charge is 0.333 e. The predicted octanol–water partition coefficient (Wildman–Crippen LogP) is 2.50. The van der Waals surface area contributed by atoms with Crippen LogP contribution >= 0.6 is 0 Å². The molecule has 1 aliphatic heterocycles. The SMILES string of the molecule is COc1cccc(NC2CCN(C)C(C)C2)c1[N+](=O)[O-]. The first-order chi connectivity index (χ1) is 9.52. The summed E-state index contributed by atoms with van der Waals surface area (Å²) in [5.41, 5.74) is 0.553. The predicted molar refractivity (Wildman–Crippen MR) is 78.4 cm³/mol. The molecule has 0 aliphatic carbocycles. The van der Waals surface area contributed by atoms with Crippen LogP contribution in [-0.2, 0) is 0 Å². The van der Waals surface area contributed by atoms with Crippen LogP contribution in [0, 0.1) is 10.1 Å². The first-order valence-electron chi connectivity index (χ1n) is 6.81. The average Bonchev–Trinajstić information content (AvgIpc) is 2.42. The molecular formula is C14H21N3O3. The molecule has 1 saturated heterocycles. The van der Waals surface area contributed by atoms with Gasteiger partial charge in [0.2, 0.25) is 0 Å². The van der Waals surface area contributed by atoms with E-state index in [9.17, 15) is 10.1 Å². The number of hydrogen-bond acceptors (Lipinski definition) is 5. The van der Waals surface area contributed by atoms with Gasteiger partial charge in [-0.2, -0.15) is 0 Å². The van der Waals surface area contributed by atoms with Gasteiger partial charge in [0.15, 0.2) is 5.75 Å². The van der Waals surface area contributed by atoms with Crippen molar-refractivity contribution in [3.8, 4) is 5.75 Å². The van der Waals surface area contributed by atoms with E-state index in [1.165, 1.54) is 7.11 Å². The largest absolute Gasteiger partial charge is 0.490 e. The van der Waals surface area contributed by atoms with Gasteiger partial charge in [0.1, 0.15) is 5.69 Å². The van der Waals surface area contributed by atoms with Crippen LogP contribution in [0.5, 0.6) is 5.75 Å². The Morgan fingerprint density at radius 3 is 2.85 bits per heavy atom. The van der Waals surface area contributed by atoms with Crippen molar-refractivity contribution in [3.05, 3.63) is 28.3 Å². The lowest BCUT2D eigenvalue weighted by Crippen LogP contribution is -2.42. The zero-order valence-corrected chi connectivity index (χ0v) is 12.1. The van der Waals surface area contributed by atoms with E-state index in [2.05, 4.69) is 24.2 Å². The molecule has 20 heavy (non-hydrogen) atoms. The topological polar surface area (TPSA) is 67.6 Å². The summed E-state index contributed by atoms with van der Waals surface area (Å²) < 4.78 is 5.08. The van der Waals surface area contributed by atoms with Gasteiger partial charge < -0.3 is 15.0 Å². The van der Waals surface area contributed by atoms with Crippen molar-refractivity contribution in [3.63, 3.8) is 0 Å². The number of benzene rings is 1. The highest BCUT2D eigenvalue weighted by Gasteiger charge is 2.26. The number of nitrogens with one attached hydrogen (secondary N) is 1. The highest BCUT2D eigenvalue weighted by Crippen LogP contribution is 2.35. The van der Waals surface area contributed by atoms with Gasteiger partial charge in [-0.25, -0.2) is 0 Å². The van der Waals surface area contributed by atoms with E-state index < -0.39 is 0 Å². The molecule has 0 bridgehead atoms. The van der Waals surface area contributed by atoms with Crippen LogP contribution in [0.2, 0.25) is 0 Å². The molecule has 1 heterocycles. The third kappa shape index (κ3) is 3.01. The minimum absolute atomic E-state index is 0.0154. The van der Waals surface area contributed by atoms with Gasteiger partial charge in [-0.05, 0) is 38.9 Å². The molecule has 6 heteroatoms. The van der Waals surface area contributed by atoms with E-state index >= 15 is 0 Å². The maximum absolute atomic E-state index is 11.2. The fraction of sp³-hybridized carbons (Fsp3) is 0.571. The summed E-state index contributed by atoms with van der Waals surface area (Å²) in [6, 6.07) is 5.86.